The van der Waals surface area contributed by atoms with E-state index in [-0.39, 0.29) is 5.54 Å². The fraction of sp³-hybridized carbons (Fsp3) is 1.00. The summed E-state index contributed by atoms with van der Waals surface area (Å²) in [7, 11) is 0. The quantitative estimate of drug-likeness (QED) is 0.500. The summed E-state index contributed by atoms with van der Waals surface area (Å²) in [6.07, 6.45) is 5.50. The zero-order valence-corrected chi connectivity index (χ0v) is 5.41. The van der Waals surface area contributed by atoms with Crippen molar-refractivity contribution in [1.82, 2.24) is 0 Å². The molecule has 0 aromatic heterocycles. The third-order valence-electron chi connectivity index (χ3n) is 2.51. The number of rotatable bonds is 0. The fourth-order valence-electron chi connectivity index (χ4n) is 2.19. The first-order valence-corrected chi connectivity index (χ1v) is 3.41. The first-order chi connectivity index (χ1) is 3.62. The van der Waals surface area contributed by atoms with E-state index < -0.39 is 0 Å². The van der Waals surface area contributed by atoms with Crippen molar-refractivity contribution in [2.75, 3.05) is 0 Å². The van der Waals surface area contributed by atoms with Crippen molar-refractivity contribution in [3.63, 3.8) is 0 Å². The van der Waals surface area contributed by atoms with Crippen LogP contribution >= 0.6 is 0 Å². The predicted molar refractivity (Wildman–Crippen MR) is 33.5 cm³/mol. The van der Waals surface area contributed by atoms with Crippen molar-refractivity contribution in [3.8, 4) is 0 Å². The molecule has 0 bridgehead atoms. The molecule has 1 spiro atoms. The molecule has 0 aromatic carbocycles. The monoisotopic (exact) mass is 111 g/mol. The molecule has 0 heterocycles. The summed E-state index contributed by atoms with van der Waals surface area (Å²) in [5.41, 5.74) is 6.84. The van der Waals surface area contributed by atoms with E-state index in [4.69, 9.17) is 5.73 Å². The predicted octanol–water partition coefficient (Wildman–Crippen LogP) is 1.28. The molecule has 0 aliphatic heterocycles. The Morgan fingerprint density at radius 1 is 1.25 bits per heavy atom. The molecule has 0 saturated heterocycles. The van der Waals surface area contributed by atoms with Gasteiger partial charge in [0.1, 0.15) is 0 Å². The van der Waals surface area contributed by atoms with Crippen LogP contribution in [0.25, 0.3) is 0 Å². The Bertz CT molecular complexity index is 110. The number of hydrogen-bond acceptors (Lipinski definition) is 1. The zero-order chi connectivity index (χ0) is 5.83. The second-order valence-electron chi connectivity index (χ2n) is 4.01. The SMILES string of the molecule is CC1(N)CC2(CC2)C1. The molecule has 0 amide bonds. The molecule has 1 heteroatoms. The van der Waals surface area contributed by atoms with Gasteiger partial charge in [-0.25, -0.2) is 0 Å². The van der Waals surface area contributed by atoms with Crippen LogP contribution in [-0.2, 0) is 0 Å². The standard InChI is InChI=1S/C7H13N/c1-6(8)4-7(5-6)2-3-7/h2-5,8H2,1H3. The Morgan fingerprint density at radius 3 is 1.88 bits per heavy atom. The summed E-state index contributed by atoms with van der Waals surface area (Å²) in [6, 6.07) is 0. The minimum atomic E-state index is 0.219. The van der Waals surface area contributed by atoms with Crippen LogP contribution in [0, 0.1) is 5.41 Å². The minimum Gasteiger partial charge on any atom is -0.325 e. The number of nitrogens with two attached hydrogens (primary N) is 1. The first-order valence-electron chi connectivity index (χ1n) is 3.41. The molecule has 46 valence electrons. The van der Waals surface area contributed by atoms with Crippen molar-refractivity contribution in [1.29, 1.82) is 0 Å². The Labute approximate surface area is 50.3 Å². The maximum Gasteiger partial charge on any atom is 0.0136 e. The maximum absolute atomic E-state index is 5.84. The fourth-order valence-corrected chi connectivity index (χ4v) is 2.19. The van der Waals surface area contributed by atoms with E-state index in [1.165, 1.54) is 25.7 Å². The molecule has 2 fully saturated rings. The lowest BCUT2D eigenvalue weighted by atomic mass is 9.67. The summed E-state index contributed by atoms with van der Waals surface area (Å²) in [5.74, 6) is 0. The molecule has 2 aliphatic rings. The largest absolute Gasteiger partial charge is 0.325 e. The molecular formula is C7H13N. The highest BCUT2D eigenvalue weighted by Gasteiger charge is 2.56. The van der Waals surface area contributed by atoms with Crippen LogP contribution in [0.2, 0.25) is 0 Å². The highest BCUT2D eigenvalue weighted by atomic mass is 14.8. The molecule has 2 aliphatic carbocycles. The second-order valence-corrected chi connectivity index (χ2v) is 4.01. The Balaban J connectivity index is 2.00. The van der Waals surface area contributed by atoms with E-state index in [9.17, 15) is 0 Å². The van der Waals surface area contributed by atoms with E-state index in [0.29, 0.717) is 0 Å². The molecular weight excluding hydrogens is 98.1 g/mol. The summed E-state index contributed by atoms with van der Waals surface area (Å²) in [4.78, 5) is 0. The molecule has 1 nitrogen and oxygen atoms in total. The van der Waals surface area contributed by atoms with E-state index in [2.05, 4.69) is 6.92 Å². The van der Waals surface area contributed by atoms with Crippen LogP contribution in [0.15, 0.2) is 0 Å². The molecule has 2 rings (SSSR count). The zero-order valence-electron chi connectivity index (χ0n) is 5.41. The van der Waals surface area contributed by atoms with Crippen LogP contribution in [-0.4, -0.2) is 5.54 Å². The van der Waals surface area contributed by atoms with Gasteiger partial charge in [0.25, 0.3) is 0 Å². The molecule has 0 unspecified atom stereocenters. The van der Waals surface area contributed by atoms with Crippen molar-refractivity contribution < 1.29 is 0 Å². The summed E-state index contributed by atoms with van der Waals surface area (Å²) in [6.45, 7) is 2.16. The number of hydrogen-bond donors (Lipinski definition) is 1. The van der Waals surface area contributed by atoms with Gasteiger partial charge in [-0.1, -0.05) is 0 Å². The normalized spacial score (nSPS) is 36.8. The van der Waals surface area contributed by atoms with Gasteiger partial charge in [-0.3, -0.25) is 0 Å². The van der Waals surface area contributed by atoms with Gasteiger partial charge in [0.05, 0.1) is 0 Å². The van der Waals surface area contributed by atoms with Crippen LogP contribution < -0.4 is 5.73 Å². The summed E-state index contributed by atoms with van der Waals surface area (Å²) >= 11 is 0. The average Bonchev–Trinajstić information content (AvgIpc) is 2.12. The van der Waals surface area contributed by atoms with Gasteiger partial charge >= 0.3 is 0 Å². The molecule has 2 N–H and O–H groups in total. The van der Waals surface area contributed by atoms with Crippen LogP contribution in [0.5, 0.6) is 0 Å². The third-order valence-corrected chi connectivity index (χ3v) is 2.51. The lowest BCUT2D eigenvalue weighted by Gasteiger charge is -2.43. The van der Waals surface area contributed by atoms with E-state index in [1.54, 1.807) is 0 Å². The molecule has 0 radical (unpaired) electrons. The summed E-state index contributed by atoms with van der Waals surface area (Å²) < 4.78 is 0. The molecule has 0 aromatic rings. The van der Waals surface area contributed by atoms with Gasteiger partial charge in [0, 0.05) is 5.54 Å². The van der Waals surface area contributed by atoms with Gasteiger partial charge in [0.15, 0.2) is 0 Å². The molecule has 2 saturated carbocycles. The lowest BCUT2D eigenvalue weighted by molar-refractivity contribution is 0.144. The van der Waals surface area contributed by atoms with Gasteiger partial charge in [-0.05, 0) is 38.0 Å². The highest BCUT2D eigenvalue weighted by Crippen LogP contribution is 2.63. The lowest BCUT2D eigenvalue weighted by Crippen LogP contribution is -2.50. The highest BCUT2D eigenvalue weighted by molar-refractivity contribution is 5.12. The Kier molecular flexibility index (Phi) is 0.583. The van der Waals surface area contributed by atoms with E-state index in [0.717, 1.165) is 5.41 Å². The van der Waals surface area contributed by atoms with Crippen LogP contribution in [0.1, 0.15) is 32.6 Å². The van der Waals surface area contributed by atoms with Crippen LogP contribution in [0.3, 0.4) is 0 Å². The maximum atomic E-state index is 5.84. The smallest absolute Gasteiger partial charge is 0.0136 e. The second kappa shape index (κ2) is 0.971. The van der Waals surface area contributed by atoms with Crippen LogP contribution in [0.4, 0.5) is 0 Å². The average molecular weight is 111 g/mol. The van der Waals surface area contributed by atoms with E-state index in [1.807, 2.05) is 0 Å². The Hall–Kier alpha value is -0.0400. The molecule has 0 atom stereocenters. The Morgan fingerprint density at radius 2 is 1.75 bits per heavy atom. The van der Waals surface area contributed by atoms with Crippen molar-refractivity contribution >= 4 is 0 Å². The third kappa shape index (κ3) is 0.510. The van der Waals surface area contributed by atoms with Gasteiger partial charge in [-0.15, -0.1) is 0 Å². The topological polar surface area (TPSA) is 26.0 Å². The minimum absolute atomic E-state index is 0.219. The van der Waals surface area contributed by atoms with Gasteiger partial charge < -0.3 is 5.73 Å². The molecule has 8 heavy (non-hydrogen) atoms. The van der Waals surface area contributed by atoms with Crippen molar-refractivity contribution in [3.05, 3.63) is 0 Å². The van der Waals surface area contributed by atoms with Gasteiger partial charge in [-0.2, -0.15) is 0 Å². The van der Waals surface area contributed by atoms with Gasteiger partial charge in [0.2, 0.25) is 0 Å². The first kappa shape index (κ1) is 4.80. The summed E-state index contributed by atoms with van der Waals surface area (Å²) in [5, 5.41) is 0. The van der Waals surface area contributed by atoms with Crippen molar-refractivity contribution in [2.45, 2.75) is 38.1 Å². The van der Waals surface area contributed by atoms with E-state index >= 15 is 0 Å². The van der Waals surface area contributed by atoms with Crippen molar-refractivity contribution in [2.24, 2.45) is 11.1 Å².